The van der Waals surface area contributed by atoms with Crippen molar-refractivity contribution in [1.29, 1.82) is 0 Å². The molecule has 0 aliphatic carbocycles. The van der Waals surface area contributed by atoms with E-state index in [0.29, 0.717) is 12.1 Å². The molecule has 0 aliphatic heterocycles. The maximum atomic E-state index is 12.5. The van der Waals surface area contributed by atoms with Gasteiger partial charge in [-0.25, -0.2) is 4.39 Å². The lowest BCUT2D eigenvalue weighted by atomic mass is 10.2. The van der Waals surface area contributed by atoms with Crippen molar-refractivity contribution in [2.24, 2.45) is 0 Å². The Kier molecular flexibility index (Phi) is 4.46. The molecule has 1 aromatic carbocycles. The summed E-state index contributed by atoms with van der Waals surface area (Å²) in [5, 5.41) is 2.74. The lowest BCUT2D eigenvalue weighted by Gasteiger charge is -2.03. The number of thioether (sulfide) groups is 1. The topological polar surface area (TPSA) is 29.1 Å². The number of benzene rings is 1. The SMILES string of the molecule is CSCCNC(=O)c1ccc(F)cc1. The van der Waals surface area contributed by atoms with Crippen LogP contribution >= 0.6 is 11.8 Å². The second-order valence-corrected chi connectivity index (χ2v) is 3.74. The van der Waals surface area contributed by atoms with Gasteiger partial charge in [0.15, 0.2) is 0 Å². The number of carbonyl (C=O) groups is 1. The Morgan fingerprint density at radius 2 is 2.07 bits per heavy atom. The predicted molar refractivity (Wildman–Crippen MR) is 57.1 cm³/mol. The van der Waals surface area contributed by atoms with E-state index in [1.165, 1.54) is 24.3 Å². The molecule has 14 heavy (non-hydrogen) atoms. The first-order chi connectivity index (χ1) is 6.74. The van der Waals surface area contributed by atoms with E-state index in [4.69, 9.17) is 0 Å². The van der Waals surface area contributed by atoms with Crippen molar-refractivity contribution in [2.75, 3.05) is 18.6 Å². The third-order valence-electron chi connectivity index (χ3n) is 1.70. The van der Waals surface area contributed by atoms with Crippen LogP contribution in [0.25, 0.3) is 0 Å². The second-order valence-electron chi connectivity index (χ2n) is 2.76. The zero-order valence-electron chi connectivity index (χ0n) is 7.92. The number of hydrogen-bond acceptors (Lipinski definition) is 2. The minimum absolute atomic E-state index is 0.154. The number of hydrogen-bond donors (Lipinski definition) is 1. The molecule has 0 radical (unpaired) electrons. The van der Waals surface area contributed by atoms with Crippen LogP contribution < -0.4 is 5.32 Å². The molecular weight excluding hydrogens is 201 g/mol. The molecule has 1 aromatic rings. The molecular formula is C10H12FNOS. The minimum Gasteiger partial charge on any atom is -0.351 e. The summed E-state index contributed by atoms with van der Waals surface area (Å²) in [5.74, 6) is 0.400. The highest BCUT2D eigenvalue weighted by molar-refractivity contribution is 7.98. The first-order valence-corrected chi connectivity index (χ1v) is 5.66. The van der Waals surface area contributed by atoms with Crippen molar-refractivity contribution >= 4 is 17.7 Å². The van der Waals surface area contributed by atoms with Crippen molar-refractivity contribution < 1.29 is 9.18 Å². The quantitative estimate of drug-likeness (QED) is 0.774. The van der Waals surface area contributed by atoms with Crippen LogP contribution in [0.5, 0.6) is 0 Å². The Hall–Kier alpha value is -1.03. The Morgan fingerprint density at radius 3 is 2.64 bits per heavy atom. The normalized spacial score (nSPS) is 9.86. The van der Waals surface area contributed by atoms with Crippen molar-refractivity contribution in [3.05, 3.63) is 35.6 Å². The van der Waals surface area contributed by atoms with Gasteiger partial charge in [0.25, 0.3) is 5.91 Å². The number of amides is 1. The van der Waals surface area contributed by atoms with Crippen molar-refractivity contribution in [1.82, 2.24) is 5.32 Å². The summed E-state index contributed by atoms with van der Waals surface area (Å²) in [7, 11) is 0. The molecule has 0 unspecified atom stereocenters. The van der Waals surface area contributed by atoms with E-state index >= 15 is 0 Å². The lowest BCUT2D eigenvalue weighted by Crippen LogP contribution is -2.25. The first kappa shape index (κ1) is 11.0. The van der Waals surface area contributed by atoms with E-state index in [9.17, 15) is 9.18 Å². The largest absolute Gasteiger partial charge is 0.351 e. The van der Waals surface area contributed by atoms with E-state index in [-0.39, 0.29) is 11.7 Å². The van der Waals surface area contributed by atoms with Gasteiger partial charge in [0.2, 0.25) is 0 Å². The zero-order chi connectivity index (χ0) is 10.4. The molecule has 76 valence electrons. The molecule has 0 aromatic heterocycles. The molecule has 0 heterocycles. The fourth-order valence-corrected chi connectivity index (χ4v) is 1.28. The van der Waals surface area contributed by atoms with Gasteiger partial charge in [0.1, 0.15) is 5.82 Å². The smallest absolute Gasteiger partial charge is 0.251 e. The maximum Gasteiger partial charge on any atom is 0.251 e. The van der Waals surface area contributed by atoms with Crippen molar-refractivity contribution in [2.45, 2.75) is 0 Å². The van der Waals surface area contributed by atoms with E-state index in [0.717, 1.165) is 5.75 Å². The maximum absolute atomic E-state index is 12.5. The first-order valence-electron chi connectivity index (χ1n) is 4.26. The highest BCUT2D eigenvalue weighted by Gasteiger charge is 2.03. The second kappa shape index (κ2) is 5.65. The molecule has 2 nitrogen and oxygen atoms in total. The van der Waals surface area contributed by atoms with Gasteiger partial charge in [-0.05, 0) is 30.5 Å². The van der Waals surface area contributed by atoms with Crippen molar-refractivity contribution in [3.63, 3.8) is 0 Å². The minimum atomic E-state index is -0.328. The molecule has 0 saturated heterocycles. The highest BCUT2D eigenvalue weighted by Crippen LogP contribution is 2.02. The number of carbonyl (C=O) groups excluding carboxylic acids is 1. The van der Waals surface area contributed by atoms with Crippen LogP contribution in [0.4, 0.5) is 4.39 Å². The van der Waals surface area contributed by atoms with Crippen LogP contribution in [0, 0.1) is 5.82 Å². The Bertz CT molecular complexity index is 299. The fraction of sp³-hybridized carbons (Fsp3) is 0.300. The van der Waals surface area contributed by atoms with E-state index in [1.54, 1.807) is 11.8 Å². The summed E-state index contributed by atoms with van der Waals surface area (Å²) in [5.41, 5.74) is 0.493. The van der Waals surface area contributed by atoms with Crippen LogP contribution in [-0.2, 0) is 0 Å². The standard InChI is InChI=1S/C10H12FNOS/c1-14-7-6-12-10(13)8-2-4-9(11)5-3-8/h2-5H,6-7H2,1H3,(H,12,13). The van der Waals surface area contributed by atoms with E-state index in [1.807, 2.05) is 6.26 Å². The van der Waals surface area contributed by atoms with Crippen LogP contribution in [-0.4, -0.2) is 24.5 Å². The summed E-state index contributed by atoms with van der Waals surface area (Å²) in [6.45, 7) is 0.636. The highest BCUT2D eigenvalue weighted by atomic mass is 32.2. The van der Waals surface area contributed by atoms with Gasteiger partial charge in [-0.2, -0.15) is 11.8 Å². The van der Waals surface area contributed by atoms with Gasteiger partial charge in [0, 0.05) is 17.9 Å². The van der Waals surface area contributed by atoms with Gasteiger partial charge >= 0.3 is 0 Å². The third-order valence-corrected chi connectivity index (χ3v) is 2.31. The van der Waals surface area contributed by atoms with Crippen LogP contribution in [0.2, 0.25) is 0 Å². The van der Waals surface area contributed by atoms with Crippen LogP contribution in [0.1, 0.15) is 10.4 Å². The molecule has 0 atom stereocenters. The molecule has 1 amide bonds. The lowest BCUT2D eigenvalue weighted by molar-refractivity contribution is 0.0956. The molecule has 0 spiro atoms. The summed E-state index contributed by atoms with van der Waals surface area (Å²) in [4.78, 5) is 11.4. The predicted octanol–water partition coefficient (Wildman–Crippen LogP) is 1.92. The molecule has 0 bridgehead atoms. The zero-order valence-corrected chi connectivity index (χ0v) is 8.73. The average Bonchev–Trinajstić information content (AvgIpc) is 2.19. The Labute approximate surface area is 86.9 Å². The van der Waals surface area contributed by atoms with E-state index in [2.05, 4.69) is 5.32 Å². The summed E-state index contributed by atoms with van der Waals surface area (Å²) < 4.78 is 12.5. The van der Waals surface area contributed by atoms with Gasteiger partial charge in [-0.1, -0.05) is 0 Å². The molecule has 0 aliphatic rings. The average molecular weight is 213 g/mol. The molecule has 0 fully saturated rings. The van der Waals surface area contributed by atoms with Gasteiger partial charge < -0.3 is 5.32 Å². The Balaban J connectivity index is 2.48. The van der Waals surface area contributed by atoms with Crippen molar-refractivity contribution in [3.8, 4) is 0 Å². The summed E-state index contributed by atoms with van der Waals surface area (Å²) >= 11 is 1.67. The molecule has 1 N–H and O–H groups in total. The van der Waals surface area contributed by atoms with Crippen LogP contribution in [0.3, 0.4) is 0 Å². The van der Waals surface area contributed by atoms with Gasteiger partial charge in [-0.3, -0.25) is 4.79 Å². The number of rotatable bonds is 4. The third kappa shape index (κ3) is 3.38. The molecule has 1 rings (SSSR count). The molecule has 4 heteroatoms. The fourth-order valence-electron chi connectivity index (χ4n) is 0.970. The monoisotopic (exact) mass is 213 g/mol. The molecule has 0 saturated carbocycles. The number of nitrogens with one attached hydrogen (secondary N) is 1. The van der Waals surface area contributed by atoms with Gasteiger partial charge in [-0.15, -0.1) is 0 Å². The van der Waals surface area contributed by atoms with Gasteiger partial charge in [0.05, 0.1) is 0 Å². The van der Waals surface area contributed by atoms with Crippen LogP contribution in [0.15, 0.2) is 24.3 Å². The number of halogens is 1. The summed E-state index contributed by atoms with van der Waals surface area (Å²) in [6, 6.07) is 5.51. The van der Waals surface area contributed by atoms with E-state index < -0.39 is 0 Å². The summed E-state index contributed by atoms with van der Waals surface area (Å²) in [6.07, 6.45) is 1.98. The Morgan fingerprint density at radius 1 is 1.43 bits per heavy atom.